The number of nitriles is 1. The summed E-state index contributed by atoms with van der Waals surface area (Å²) in [7, 11) is 0. The molecule has 2 aliphatic heterocycles. The molecule has 7 nitrogen and oxygen atoms in total. The van der Waals surface area contributed by atoms with E-state index in [1.807, 2.05) is 18.7 Å². The maximum Gasteiger partial charge on any atom is 0.417 e. The molecule has 2 heterocycles. The van der Waals surface area contributed by atoms with Gasteiger partial charge in [0.2, 0.25) is 5.91 Å². The molecule has 3 N–H and O–H groups in total. The predicted octanol–water partition coefficient (Wildman–Crippen LogP) is 2.70. The first kappa shape index (κ1) is 22.7. The van der Waals surface area contributed by atoms with Crippen LogP contribution in [0.1, 0.15) is 37.8 Å². The number of hydrogen-bond donors (Lipinski definition) is 2. The largest absolute Gasteiger partial charge is 0.417 e. The molecule has 1 unspecified atom stereocenters. The van der Waals surface area contributed by atoms with Gasteiger partial charge in [0.15, 0.2) is 0 Å². The lowest BCUT2D eigenvalue weighted by molar-refractivity contribution is -0.137. The molecule has 3 rings (SSSR count). The van der Waals surface area contributed by atoms with Crippen molar-refractivity contribution in [2.24, 2.45) is 17.1 Å². The molecule has 0 radical (unpaired) electrons. The number of urea groups is 1. The predicted molar refractivity (Wildman–Crippen MR) is 108 cm³/mol. The van der Waals surface area contributed by atoms with Gasteiger partial charge in [-0.1, -0.05) is 0 Å². The fraction of sp³-hybridized carbons (Fsp3) is 0.571. The highest BCUT2D eigenvalue weighted by molar-refractivity contribution is 5.81. The Bertz CT molecular complexity index is 901. The van der Waals surface area contributed by atoms with Gasteiger partial charge in [-0.2, -0.15) is 18.4 Å². The van der Waals surface area contributed by atoms with Gasteiger partial charge in [0.25, 0.3) is 0 Å². The Hall–Kier alpha value is -2.96. The van der Waals surface area contributed by atoms with Gasteiger partial charge in [0.1, 0.15) is 0 Å². The topological polar surface area (TPSA) is 102 Å². The van der Waals surface area contributed by atoms with Crippen molar-refractivity contribution >= 4 is 17.6 Å². The molecular formula is C21H26F3N5O2. The smallest absolute Gasteiger partial charge is 0.371 e. The Morgan fingerprint density at radius 3 is 2.45 bits per heavy atom. The van der Waals surface area contributed by atoms with Gasteiger partial charge in [-0.05, 0) is 44.9 Å². The highest BCUT2D eigenvalue weighted by Gasteiger charge is 2.52. The summed E-state index contributed by atoms with van der Waals surface area (Å²) in [6.45, 7) is 5.16. The normalized spacial score (nSPS) is 20.7. The number of nitrogens with one attached hydrogen (secondary N) is 1. The molecule has 0 aromatic heterocycles. The summed E-state index contributed by atoms with van der Waals surface area (Å²) >= 11 is 0. The number of halogens is 3. The van der Waals surface area contributed by atoms with E-state index in [4.69, 9.17) is 11.0 Å². The van der Waals surface area contributed by atoms with Gasteiger partial charge in [0, 0.05) is 43.3 Å². The van der Waals surface area contributed by atoms with E-state index in [-0.39, 0.29) is 18.6 Å². The summed E-state index contributed by atoms with van der Waals surface area (Å²) < 4.78 is 39.9. The van der Waals surface area contributed by atoms with E-state index < -0.39 is 34.5 Å². The van der Waals surface area contributed by atoms with E-state index >= 15 is 0 Å². The number of alkyl halides is 3. The molecule has 168 valence electrons. The molecular weight excluding hydrogens is 411 g/mol. The zero-order valence-electron chi connectivity index (χ0n) is 17.5. The summed E-state index contributed by atoms with van der Waals surface area (Å²) in [6.07, 6.45) is -3.58. The first-order valence-electron chi connectivity index (χ1n) is 10.2. The zero-order valence-corrected chi connectivity index (χ0v) is 17.5. The third kappa shape index (κ3) is 4.55. The number of primary amides is 1. The van der Waals surface area contributed by atoms with E-state index in [1.54, 1.807) is 11.0 Å². The highest BCUT2D eigenvalue weighted by atomic mass is 19.4. The molecule has 2 aliphatic rings. The SMILES string of the molecule is CC(C)NC(=O)N1CC(C(N)=O)C2(CCN(c3ccc(C#N)c(C(F)(F)F)c3)CC2)C1. The lowest BCUT2D eigenvalue weighted by Gasteiger charge is -2.42. The van der Waals surface area contributed by atoms with E-state index in [0.29, 0.717) is 38.2 Å². The Kier molecular flexibility index (Phi) is 6.07. The van der Waals surface area contributed by atoms with Crippen LogP contribution in [-0.4, -0.2) is 49.1 Å². The molecule has 1 atom stereocenters. The number of nitrogens with zero attached hydrogens (tertiary/aromatic N) is 3. The third-order valence-electron chi connectivity index (χ3n) is 6.24. The van der Waals surface area contributed by atoms with Crippen molar-refractivity contribution in [2.75, 3.05) is 31.1 Å². The summed E-state index contributed by atoms with van der Waals surface area (Å²) in [6, 6.07) is 4.98. The minimum Gasteiger partial charge on any atom is -0.371 e. The van der Waals surface area contributed by atoms with Gasteiger partial charge in [-0.3, -0.25) is 4.79 Å². The fourth-order valence-electron chi connectivity index (χ4n) is 4.63. The fourth-order valence-corrected chi connectivity index (χ4v) is 4.63. The Morgan fingerprint density at radius 1 is 1.29 bits per heavy atom. The Labute approximate surface area is 179 Å². The van der Waals surface area contributed by atoms with Crippen LogP contribution in [0.2, 0.25) is 0 Å². The number of anilines is 1. The van der Waals surface area contributed by atoms with Crippen molar-refractivity contribution in [1.29, 1.82) is 5.26 Å². The van der Waals surface area contributed by atoms with Crippen LogP contribution in [0.15, 0.2) is 18.2 Å². The lowest BCUT2D eigenvalue weighted by atomic mass is 9.70. The van der Waals surface area contributed by atoms with Crippen LogP contribution in [0.5, 0.6) is 0 Å². The molecule has 2 saturated heterocycles. The number of hydrogen-bond acceptors (Lipinski definition) is 4. The monoisotopic (exact) mass is 437 g/mol. The van der Waals surface area contributed by atoms with Crippen molar-refractivity contribution in [3.05, 3.63) is 29.3 Å². The van der Waals surface area contributed by atoms with E-state index in [0.717, 1.165) is 6.07 Å². The molecule has 1 aromatic carbocycles. The number of rotatable bonds is 3. The molecule has 3 amide bonds. The maximum absolute atomic E-state index is 13.3. The van der Waals surface area contributed by atoms with E-state index in [1.165, 1.54) is 12.1 Å². The van der Waals surface area contributed by atoms with Crippen molar-refractivity contribution < 1.29 is 22.8 Å². The lowest BCUT2D eigenvalue weighted by Crippen LogP contribution is -2.48. The molecule has 0 bridgehead atoms. The van der Waals surface area contributed by atoms with Crippen molar-refractivity contribution in [1.82, 2.24) is 10.2 Å². The third-order valence-corrected chi connectivity index (χ3v) is 6.24. The van der Waals surface area contributed by atoms with Crippen molar-refractivity contribution in [3.63, 3.8) is 0 Å². The second-order valence-corrected chi connectivity index (χ2v) is 8.63. The van der Waals surface area contributed by atoms with E-state index in [2.05, 4.69) is 5.32 Å². The van der Waals surface area contributed by atoms with Gasteiger partial charge < -0.3 is 20.9 Å². The van der Waals surface area contributed by atoms with Gasteiger partial charge in [-0.25, -0.2) is 4.79 Å². The molecule has 10 heteroatoms. The number of nitrogens with two attached hydrogens (primary N) is 1. The maximum atomic E-state index is 13.3. The van der Waals surface area contributed by atoms with Crippen LogP contribution in [-0.2, 0) is 11.0 Å². The summed E-state index contributed by atoms with van der Waals surface area (Å²) in [5.41, 5.74) is 4.16. The highest BCUT2D eigenvalue weighted by Crippen LogP contribution is 2.45. The molecule has 0 saturated carbocycles. The van der Waals surface area contributed by atoms with Crippen LogP contribution < -0.4 is 16.0 Å². The zero-order chi connectivity index (χ0) is 23.0. The van der Waals surface area contributed by atoms with Crippen molar-refractivity contribution in [2.45, 2.75) is 38.9 Å². The number of amides is 3. The molecule has 2 fully saturated rings. The number of piperidine rings is 1. The molecule has 1 spiro atoms. The standard InChI is InChI=1S/C21H26F3N5O2/c1-13(2)27-19(31)29-11-17(18(26)30)20(12-29)5-7-28(8-6-20)15-4-3-14(10-25)16(9-15)21(22,23)24/h3-4,9,13,17H,5-8,11-12H2,1-2H3,(H2,26,30)(H,27,31). The minimum absolute atomic E-state index is 0.0443. The molecule has 0 aliphatic carbocycles. The van der Waals surface area contributed by atoms with Crippen LogP contribution in [0.4, 0.5) is 23.7 Å². The van der Waals surface area contributed by atoms with Crippen LogP contribution in [0.3, 0.4) is 0 Å². The molecule has 1 aromatic rings. The van der Waals surface area contributed by atoms with Crippen LogP contribution >= 0.6 is 0 Å². The van der Waals surface area contributed by atoms with Gasteiger partial charge >= 0.3 is 12.2 Å². The summed E-state index contributed by atoms with van der Waals surface area (Å²) in [4.78, 5) is 28.0. The first-order chi connectivity index (χ1) is 14.5. The number of carbonyl (C=O) groups excluding carboxylic acids is 2. The van der Waals surface area contributed by atoms with Crippen LogP contribution in [0, 0.1) is 22.7 Å². The van der Waals surface area contributed by atoms with Crippen molar-refractivity contribution in [3.8, 4) is 6.07 Å². The van der Waals surface area contributed by atoms with Crippen LogP contribution in [0.25, 0.3) is 0 Å². The number of benzene rings is 1. The summed E-state index contributed by atoms with van der Waals surface area (Å²) in [5, 5.41) is 11.8. The number of carbonyl (C=O) groups is 2. The first-order valence-corrected chi connectivity index (χ1v) is 10.2. The average Bonchev–Trinajstić information content (AvgIpc) is 3.06. The molecule has 31 heavy (non-hydrogen) atoms. The number of likely N-dealkylation sites (tertiary alicyclic amines) is 1. The second kappa shape index (κ2) is 8.29. The van der Waals surface area contributed by atoms with Gasteiger partial charge in [0.05, 0.1) is 23.1 Å². The summed E-state index contributed by atoms with van der Waals surface area (Å²) in [5.74, 6) is -0.967. The Balaban J connectivity index is 1.78. The minimum atomic E-state index is -4.62. The average molecular weight is 437 g/mol. The van der Waals surface area contributed by atoms with Gasteiger partial charge in [-0.15, -0.1) is 0 Å². The quantitative estimate of drug-likeness (QED) is 0.759. The second-order valence-electron chi connectivity index (χ2n) is 8.63. The Morgan fingerprint density at radius 2 is 1.94 bits per heavy atom. The van der Waals surface area contributed by atoms with E-state index in [9.17, 15) is 22.8 Å².